The minimum absolute atomic E-state index is 0.0686. The Morgan fingerprint density at radius 1 is 1.31 bits per heavy atom. The molecule has 0 bridgehead atoms. The Morgan fingerprint density at radius 3 is 2.88 bits per heavy atom. The number of nitrogens with zero attached hydrogens (tertiary/aromatic N) is 2. The van der Waals surface area contributed by atoms with Crippen molar-refractivity contribution in [3.63, 3.8) is 0 Å². The lowest BCUT2D eigenvalue weighted by molar-refractivity contribution is -0.137. The van der Waals surface area contributed by atoms with E-state index >= 15 is 0 Å². The van der Waals surface area contributed by atoms with E-state index in [1.807, 2.05) is 0 Å². The Labute approximate surface area is 155 Å². The topological polar surface area (TPSA) is 34.9 Å². The number of benzene rings is 1. The van der Waals surface area contributed by atoms with Crippen LogP contribution in [0.2, 0.25) is 0 Å². The lowest BCUT2D eigenvalue weighted by Gasteiger charge is -2.10. The first-order valence-electron chi connectivity index (χ1n) is 8.15. The van der Waals surface area contributed by atoms with Crippen molar-refractivity contribution >= 4 is 33.3 Å². The maximum Gasteiger partial charge on any atom is 0.416 e. The zero-order valence-electron chi connectivity index (χ0n) is 13.9. The number of alkyl halides is 3. The molecular formula is C18H15F3N2OS2. The van der Waals surface area contributed by atoms with Gasteiger partial charge >= 0.3 is 6.18 Å². The number of fused-ring (bicyclic) bond motifs is 3. The Balaban J connectivity index is 1.64. The van der Waals surface area contributed by atoms with Gasteiger partial charge in [0, 0.05) is 17.7 Å². The van der Waals surface area contributed by atoms with E-state index in [0.29, 0.717) is 21.9 Å². The molecule has 0 radical (unpaired) electrons. The number of aromatic nitrogens is 2. The van der Waals surface area contributed by atoms with Gasteiger partial charge in [-0.1, -0.05) is 30.0 Å². The van der Waals surface area contributed by atoms with Crippen LogP contribution in [0.25, 0.3) is 10.2 Å². The first kappa shape index (κ1) is 17.6. The first-order valence-corrected chi connectivity index (χ1v) is 9.95. The van der Waals surface area contributed by atoms with E-state index < -0.39 is 11.7 Å². The molecule has 0 unspecified atom stereocenters. The predicted molar refractivity (Wildman–Crippen MR) is 97.9 cm³/mol. The Bertz CT molecular complexity index is 1050. The van der Waals surface area contributed by atoms with Gasteiger partial charge in [-0.25, -0.2) is 4.98 Å². The molecule has 0 amide bonds. The highest BCUT2D eigenvalue weighted by Gasteiger charge is 2.30. The van der Waals surface area contributed by atoms with E-state index in [1.54, 1.807) is 24.5 Å². The highest BCUT2D eigenvalue weighted by atomic mass is 32.2. The molecule has 136 valence electrons. The molecule has 1 aliphatic carbocycles. The normalized spacial score (nSPS) is 14.2. The second-order valence-electron chi connectivity index (χ2n) is 6.28. The van der Waals surface area contributed by atoms with Crippen LogP contribution in [0.15, 0.2) is 34.2 Å². The van der Waals surface area contributed by atoms with Gasteiger partial charge in [0.2, 0.25) is 0 Å². The molecule has 2 heterocycles. The second-order valence-corrected chi connectivity index (χ2v) is 8.31. The summed E-state index contributed by atoms with van der Waals surface area (Å²) in [5.41, 5.74) is 0.948. The van der Waals surface area contributed by atoms with Crippen LogP contribution in [-0.4, -0.2) is 9.55 Å². The number of hydrogen-bond acceptors (Lipinski definition) is 4. The Morgan fingerprint density at radius 2 is 2.12 bits per heavy atom. The van der Waals surface area contributed by atoms with E-state index in [9.17, 15) is 18.0 Å². The van der Waals surface area contributed by atoms with Crippen LogP contribution in [0, 0.1) is 0 Å². The van der Waals surface area contributed by atoms with Gasteiger partial charge in [-0.3, -0.25) is 9.36 Å². The van der Waals surface area contributed by atoms with Gasteiger partial charge in [0.25, 0.3) is 5.56 Å². The molecule has 1 aromatic carbocycles. The van der Waals surface area contributed by atoms with Crippen LogP contribution >= 0.6 is 23.1 Å². The fourth-order valence-corrected chi connectivity index (χ4v) is 5.44. The summed E-state index contributed by atoms with van der Waals surface area (Å²) in [4.78, 5) is 19.3. The molecule has 0 fully saturated rings. The number of thioether (sulfide) groups is 1. The summed E-state index contributed by atoms with van der Waals surface area (Å²) >= 11 is 2.84. The van der Waals surface area contributed by atoms with E-state index in [4.69, 9.17) is 0 Å². The number of aryl methyl sites for hydroxylation is 2. The van der Waals surface area contributed by atoms with Gasteiger partial charge in [-0.15, -0.1) is 11.3 Å². The summed E-state index contributed by atoms with van der Waals surface area (Å²) in [5.74, 6) is 0.320. The highest BCUT2D eigenvalue weighted by molar-refractivity contribution is 7.98. The van der Waals surface area contributed by atoms with Crippen molar-refractivity contribution < 1.29 is 13.2 Å². The summed E-state index contributed by atoms with van der Waals surface area (Å²) < 4.78 is 40.0. The number of thiophene rings is 1. The minimum Gasteiger partial charge on any atom is -0.290 e. The van der Waals surface area contributed by atoms with E-state index in [1.165, 1.54) is 27.3 Å². The van der Waals surface area contributed by atoms with Gasteiger partial charge in [-0.05, 0) is 36.5 Å². The third kappa shape index (κ3) is 3.05. The van der Waals surface area contributed by atoms with Crippen LogP contribution in [0.3, 0.4) is 0 Å². The number of halogens is 3. The Kier molecular flexibility index (Phi) is 4.35. The molecule has 3 aromatic rings. The Hall–Kier alpha value is -1.80. The molecule has 0 aliphatic heterocycles. The van der Waals surface area contributed by atoms with Gasteiger partial charge in [0.05, 0.1) is 10.9 Å². The summed E-state index contributed by atoms with van der Waals surface area (Å²) in [6, 6.07) is 5.25. The van der Waals surface area contributed by atoms with E-state index in [-0.39, 0.29) is 5.56 Å². The van der Waals surface area contributed by atoms with Crippen molar-refractivity contribution in [2.45, 2.75) is 36.3 Å². The van der Waals surface area contributed by atoms with Crippen LogP contribution in [0.5, 0.6) is 0 Å². The quantitative estimate of drug-likeness (QED) is 0.471. The van der Waals surface area contributed by atoms with Crippen molar-refractivity contribution in [1.82, 2.24) is 9.55 Å². The molecule has 0 atom stereocenters. The van der Waals surface area contributed by atoms with Gasteiger partial charge < -0.3 is 0 Å². The third-order valence-electron chi connectivity index (χ3n) is 4.53. The molecule has 3 nitrogen and oxygen atoms in total. The molecule has 4 rings (SSSR count). The van der Waals surface area contributed by atoms with Crippen molar-refractivity contribution in [3.8, 4) is 0 Å². The maximum atomic E-state index is 12.8. The van der Waals surface area contributed by atoms with Crippen molar-refractivity contribution in [1.29, 1.82) is 0 Å². The van der Waals surface area contributed by atoms with Crippen LogP contribution in [0.4, 0.5) is 13.2 Å². The van der Waals surface area contributed by atoms with Crippen molar-refractivity contribution in [2.75, 3.05) is 0 Å². The highest BCUT2D eigenvalue weighted by Crippen LogP contribution is 2.36. The summed E-state index contributed by atoms with van der Waals surface area (Å²) in [6.45, 7) is 0. The average molecular weight is 396 g/mol. The predicted octanol–water partition coefficient (Wildman–Crippen LogP) is 4.79. The standard InChI is InChI=1S/C18H15F3N2OS2/c1-23-16(24)14-12-6-3-7-13(12)26-15(14)22-17(23)25-9-10-4-2-5-11(8-10)18(19,20)21/h2,4-5,8H,3,6-7,9H2,1H3. The van der Waals surface area contributed by atoms with E-state index in [0.717, 1.165) is 41.8 Å². The number of hydrogen-bond donors (Lipinski definition) is 0. The van der Waals surface area contributed by atoms with E-state index in [2.05, 4.69) is 4.98 Å². The van der Waals surface area contributed by atoms with Crippen molar-refractivity contribution in [3.05, 3.63) is 56.2 Å². The van der Waals surface area contributed by atoms with Gasteiger partial charge in [0.1, 0.15) is 4.83 Å². The fourth-order valence-electron chi connectivity index (χ4n) is 3.22. The molecule has 0 N–H and O–H groups in total. The SMILES string of the molecule is Cn1c(SCc2cccc(C(F)(F)F)c2)nc2sc3c(c2c1=O)CCC3. The largest absolute Gasteiger partial charge is 0.416 e. The van der Waals surface area contributed by atoms with Crippen molar-refractivity contribution in [2.24, 2.45) is 7.05 Å². The third-order valence-corrected chi connectivity index (χ3v) is 6.81. The smallest absolute Gasteiger partial charge is 0.290 e. The first-order chi connectivity index (χ1) is 12.3. The zero-order chi connectivity index (χ0) is 18.5. The summed E-state index contributed by atoms with van der Waals surface area (Å²) in [5, 5.41) is 1.24. The molecule has 0 spiro atoms. The zero-order valence-corrected chi connectivity index (χ0v) is 15.5. The molecule has 26 heavy (non-hydrogen) atoms. The van der Waals surface area contributed by atoms with Gasteiger partial charge in [-0.2, -0.15) is 13.2 Å². The average Bonchev–Trinajstić information content (AvgIpc) is 3.17. The van der Waals surface area contributed by atoms with Gasteiger partial charge in [0.15, 0.2) is 5.16 Å². The van der Waals surface area contributed by atoms with Crippen LogP contribution in [-0.2, 0) is 31.8 Å². The lowest BCUT2D eigenvalue weighted by Crippen LogP contribution is -2.20. The maximum absolute atomic E-state index is 12.8. The molecule has 0 saturated carbocycles. The van der Waals surface area contributed by atoms with Crippen LogP contribution in [0.1, 0.15) is 28.0 Å². The number of rotatable bonds is 3. The monoisotopic (exact) mass is 396 g/mol. The molecular weight excluding hydrogens is 381 g/mol. The fraction of sp³-hybridized carbons (Fsp3) is 0.333. The molecule has 8 heteroatoms. The summed E-state index contributed by atoms with van der Waals surface area (Å²) in [6.07, 6.45) is -1.37. The van der Waals surface area contributed by atoms with Crippen LogP contribution < -0.4 is 5.56 Å². The summed E-state index contributed by atoms with van der Waals surface area (Å²) in [7, 11) is 1.67. The minimum atomic E-state index is -4.36. The molecule has 1 aliphatic rings. The lowest BCUT2D eigenvalue weighted by atomic mass is 10.1. The second kappa shape index (κ2) is 6.42. The molecule has 0 saturated heterocycles. The molecule has 2 aromatic heterocycles.